The predicted molar refractivity (Wildman–Crippen MR) is 134 cm³/mol. The fourth-order valence-electron chi connectivity index (χ4n) is 6.53. The summed E-state index contributed by atoms with van der Waals surface area (Å²) in [5.74, 6) is -1.97. The number of hydrogen-bond donors (Lipinski definition) is 1. The molecule has 7 rings (SSSR count). The Labute approximate surface area is 205 Å². The van der Waals surface area contributed by atoms with E-state index in [0.29, 0.717) is 12.1 Å². The summed E-state index contributed by atoms with van der Waals surface area (Å²) in [5.41, 5.74) is 5.22. The largest absolute Gasteiger partial charge is 0.324 e. The van der Waals surface area contributed by atoms with Crippen molar-refractivity contribution < 1.29 is 14.4 Å². The average molecular weight is 465 g/mol. The highest BCUT2D eigenvalue weighted by Gasteiger charge is 2.62. The monoisotopic (exact) mass is 464 g/mol. The van der Waals surface area contributed by atoms with Crippen LogP contribution in [0.3, 0.4) is 0 Å². The van der Waals surface area contributed by atoms with E-state index < -0.39 is 17.9 Å². The molecule has 0 aromatic heterocycles. The van der Waals surface area contributed by atoms with Crippen LogP contribution in [0.4, 0.5) is 5.69 Å². The lowest BCUT2D eigenvalue weighted by Gasteiger charge is -2.45. The second kappa shape index (κ2) is 8.49. The molecule has 1 fully saturated rings. The van der Waals surface area contributed by atoms with Gasteiger partial charge >= 0.3 is 0 Å². The maximum atomic E-state index is 14.0. The number of carbonyl (C=O) groups is 3. The fraction of sp³-hybridized carbons (Fsp3) is 0.300. The van der Waals surface area contributed by atoms with Crippen molar-refractivity contribution in [3.05, 3.63) is 101 Å². The molecule has 3 unspecified atom stereocenters. The van der Waals surface area contributed by atoms with Gasteiger partial charge in [-0.2, -0.15) is 0 Å². The summed E-state index contributed by atoms with van der Waals surface area (Å²) < 4.78 is 0. The zero-order valence-electron chi connectivity index (χ0n) is 19.7. The molecule has 5 heteroatoms. The molecule has 1 aliphatic heterocycles. The minimum absolute atomic E-state index is 0.164. The molecule has 0 radical (unpaired) electrons. The number of imide groups is 1. The third-order valence-corrected chi connectivity index (χ3v) is 7.97. The Morgan fingerprint density at radius 1 is 0.771 bits per heavy atom. The first kappa shape index (κ1) is 21.8. The molecule has 3 aromatic rings. The zero-order chi connectivity index (χ0) is 24.1. The summed E-state index contributed by atoms with van der Waals surface area (Å²) in [4.78, 5) is 42.9. The number of unbranched alkanes of at least 4 members (excludes halogenated alkanes) is 1. The number of benzene rings is 3. The third-order valence-electron chi connectivity index (χ3n) is 7.97. The molecule has 3 aliphatic carbocycles. The SMILES string of the molecule is CCCCC(C(=O)Nc1ccccc1)N1C(=O)C2C3c4ccccc4C(c4ccccc43)C2C1=O. The van der Waals surface area contributed by atoms with Gasteiger partial charge in [0.25, 0.3) is 0 Å². The van der Waals surface area contributed by atoms with Crippen molar-refractivity contribution >= 4 is 23.4 Å². The van der Waals surface area contributed by atoms with Crippen LogP contribution >= 0.6 is 0 Å². The van der Waals surface area contributed by atoms with Crippen LogP contribution in [0.15, 0.2) is 78.9 Å². The van der Waals surface area contributed by atoms with Gasteiger partial charge in [0, 0.05) is 17.5 Å². The molecular formula is C30H28N2O3. The molecule has 4 aliphatic rings. The molecule has 0 saturated carbocycles. The average Bonchev–Trinajstić information content (AvgIpc) is 3.15. The van der Waals surface area contributed by atoms with Crippen LogP contribution in [0.25, 0.3) is 0 Å². The summed E-state index contributed by atoms with van der Waals surface area (Å²) in [5, 5.41) is 2.94. The zero-order valence-corrected chi connectivity index (χ0v) is 19.7. The maximum absolute atomic E-state index is 14.0. The number of anilines is 1. The van der Waals surface area contributed by atoms with Gasteiger partial charge in [-0.25, -0.2) is 0 Å². The molecule has 3 atom stereocenters. The molecule has 1 N–H and O–H groups in total. The maximum Gasteiger partial charge on any atom is 0.247 e. The highest BCUT2D eigenvalue weighted by Crippen LogP contribution is 2.61. The summed E-state index contributed by atoms with van der Waals surface area (Å²) in [6.07, 6.45) is 2.09. The topological polar surface area (TPSA) is 66.5 Å². The number of para-hydroxylation sites is 1. The standard InChI is InChI=1S/C30H28N2O3/c1-2-3-17-23(28(33)31-18-11-5-4-6-12-18)32-29(34)26-24-19-13-7-8-14-20(19)25(27(26)30(32)35)22-16-10-9-15-21(22)24/h4-16,23-27H,2-3,17H2,1H3,(H,31,33). The van der Waals surface area contributed by atoms with E-state index in [4.69, 9.17) is 0 Å². The van der Waals surface area contributed by atoms with Gasteiger partial charge in [-0.05, 0) is 40.8 Å². The Morgan fingerprint density at radius 2 is 1.23 bits per heavy atom. The summed E-state index contributed by atoms with van der Waals surface area (Å²) >= 11 is 0. The number of nitrogens with one attached hydrogen (secondary N) is 1. The van der Waals surface area contributed by atoms with E-state index in [1.807, 2.05) is 61.5 Å². The number of hydrogen-bond acceptors (Lipinski definition) is 3. The van der Waals surface area contributed by atoms with Crippen molar-refractivity contribution in [2.45, 2.75) is 44.1 Å². The lowest BCUT2D eigenvalue weighted by molar-refractivity contribution is -0.147. The highest BCUT2D eigenvalue weighted by atomic mass is 16.2. The summed E-state index contributed by atoms with van der Waals surface area (Å²) in [7, 11) is 0. The van der Waals surface area contributed by atoms with E-state index in [1.165, 1.54) is 4.90 Å². The van der Waals surface area contributed by atoms with Crippen molar-refractivity contribution in [2.24, 2.45) is 11.8 Å². The van der Waals surface area contributed by atoms with E-state index in [-0.39, 0.29) is 29.6 Å². The first-order valence-electron chi connectivity index (χ1n) is 12.5. The lowest BCUT2D eigenvalue weighted by atomic mass is 9.55. The van der Waals surface area contributed by atoms with Gasteiger partial charge in [0.15, 0.2) is 0 Å². The van der Waals surface area contributed by atoms with Crippen molar-refractivity contribution in [3.63, 3.8) is 0 Å². The van der Waals surface area contributed by atoms with Crippen LogP contribution < -0.4 is 5.32 Å². The van der Waals surface area contributed by atoms with Crippen molar-refractivity contribution in [3.8, 4) is 0 Å². The lowest BCUT2D eigenvalue weighted by Crippen LogP contribution is -2.48. The molecular weight excluding hydrogens is 436 g/mol. The Balaban J connectivity index is 1.41. The molecule has 3 aromatic carbocycles. The minimum Gasteiger partial charge on any atom is -0.324 e. The molecule has 3 amide bonds. The second-order valence-electron chi connectivity index (χ2n) is 9.82. The van der Waals surface area contributed by atoms with Crippen LogP contribution in [-0.2, 0) is 14.4 Å². The van der Waals surface area contributed by atoms with E-state index in [9.17, 15) is 14.4 Å². The quantitative estimate of drug-likeness (QED) is 0.518. The molecule has 5 nitrogen and oxygen atoms in total. The summed E-state index contributed by atoms with van der Waals surface area (Å²) in [6.45, 7) is 2.05. The molecule has 1 heterocycles. The molecule has 176 valence electrons. The fourth-order valence-corrected chi connectivity index (χ4v) is 6.53. The van der Waals surface area contributed by atoms with Gasteiger partial charge < -0.3 is 5.32 Å². The second-order valence-corrected chi connectivity index (χ2v) is 9.82. The Bertz CT molecular complexity index is 1200. The van der Waals surface area contributed by atoms with Gasteiger partial charge in [-0.15, -0.1) is 0 Å². The number of amides is 3. The van der Waals surface area contributed by atoms with E-state index in [1.54, 1.807) is 0 Å². The number of carbonyl (C=O) groups excluding carboxylic acids is 3. The number of nitrogens with zero attached hydrogens (tertiary/aromatic N) is 1. The van der Waals surface area contributed by atoms with Crippen molar-refractivity contribution in [1.29, 1.82) is 0 Å². The first-order valence-corrected chi connectivity index (χ1v) is 12.5. The molecule has 2 bridgehead atoms. The van der Waals surface area contributed by atoms with E-state index >= 15 is 0 Å². The van der Waals surface area contributed by atoms with Crippen LogP contribution in [0.1, 0.15) is 60.3 Å². The Morgan fingerprint density at radius 3 is 1.69 bits per heavy atom. The number of likely N-dealkylation sites (tertiary alicyclic amines) is 1. The minimum atomic E-state index is -0.814. The summed E-state index contributed by atoms with van der Waals surface area (Å²) in [6, 6.07) is 24.8. The van der Waals surface area contributed by atoms with Gasteiger partial charge in [-0.1, -0.05) is 86.5 Å². The highest BCUT2D eigenvalue weighted by molar-refractivity contribution is 6.11. The van der Waals surface area contributed by atoms with E-state index in [0.717, 1.165) is 35.1 Å². The Kier molecular flexibility index (Phi) is 5.28. The predicted octanol–water partition coefficient (Wildman–Crippen LogP) is 5.08. The van der Waals surface area contributed by atoms with E-state index in [2.05, 4.69) is 29.6 Å². The van der Waals surface area contributed by atoms with Crippen LogP contribution in [0.2, 0.25) is 0 Å². The van der Waals surface area contributed by atoms with Crippen molar-refractivity contribution in [1.82, 2.24) is 4.90 Å². The van der Waals surface area contributed by atoms with Gasteiger partial charge in [-0.3, -0.25) is 19.3 Å². The third kappa shape index (κ3) is 3.25. The normalized spacial score (nSPS) is 24.5. The molecule has 1 saturated heterocycles. The smallest absolute Gasteiger partial charge is 0.247 e. The van der Waals surface area contributed by atoms with Crippen LogP contribution in [0.5, 0.6) is 0 Å². The van der Waals surface area contributed by atoms with Crippen LogP contribution in [-0.4, -0.2) is 28.7 Å². The van der Waals surface area contributed by atoms with Gasteiger partial charge in [0.1, 0.15) is 6.04 Å². The van der Waals surface area contributed by atoms with Gasteiger partial charge in [0.2, 0.25) is 17.7 Å². The molecule has 0 spiro atoms. The van der Waals surface area contributed by atoms with Gasteiger partial charge in [0.05, 0.1) is 11.8 Å². The number of rotatable bonds is 6. The van der Waals surface area contributed by atoms with Crippen molar-refractivity contribution in [2.75, 3.05) is 5.32 Å². The Hall–Kier alpha value is -3.73. The first-order chi connectivity index (χ1) is 17.1. The van der Waals surface area contributed by atoms with Crippen LogP contribution in [0, 0.1) is 11.8 Å². The molecule has 35 heavy (non-hydrogen) atoms.